The van der Waals surface area contributed by atoms with Crippen LogP contribution in [0.1, 0.15) is 29.5 Å². The molecule has 120 valence electrons. The number of rotatable bonds is 2. The third kappa shape index (κ3) is 3.17. The highest BCUT2D eigenvalue weighted by Gasteiger charge is 2.32. The predicted molar refractivity (Wildman–Crippen MR) is 99.3 cm³/mol. The summed E-state index contributed by atoms with van der Waals surface area (Å²) in [5.41, 5.74) is 11.6. The molecule has 2 N–H and O–H groups in total. The summed E-state index contributed by atoms with van der Waals surface area (Å²) in [7, 11) is 0. The van der Waals surface area contributed by atoms with E-state index >= 15 is 0 Å². The third-order valence-corrected chi connectivity index (χ3v) is 5.94. The number of anilines is 1. The average Bonchev–Trinajstić information content (AvgIpc) is 2.49. The van der Waals surface area contributed by atoms with E-state index < -0.39 is 0 Å². The van der Waals surface area contributed by atoms with Crippen molar-refractivity contribution in [3.63, 3.8) is 0 Å². The summed E-state index contributed by atoms with van der Waals surface area (Å²) in [6.07, 6.45) is 4.94. The van der Waals surface area contributed by atoms with Crippen molar-refractivity contribution >= 4 is 21.6 Å². The molecule has 0 amide bonds. The molecule has 2 aromatic carbocycles. The lowest BCUT2D eigenvalue weighted by Gasteiger charge is -2.42. The van der Waals surface area contributed by atoms with Crippen LogP contribution >= 0.6 is 15.9 Å². The molecule has 1 fully saturated rings. The minimum absolute atomic E-state index is 0.619. The van der Waals surface area contributed by atoms with E-state index in [-0.39, 0.29) is 0 Å². The van der Waals surface area contributed by atoms with Gasteiger partial charge < -0.3 is 5.73 Å². The molecule has 5 rings (SSSR count). The van der Waals surface area contributed by atoms with Gasteiger partial charge in [-0.25, -0.2) is 0 Å². The number of nitrogens with zero attached hydrogens (tertiary/aromatic N) is 1. The Hall–Kier alpha value is -1.32. The van der Waals surface area contributed by atoms with Crippen LogP contribution < -0.4 is 5.73 Å². The second kappa shape index (κ2) is 6.29. The van der Waals surface area contributed by atoms with Crippen LogP contribution in [0.5, 0.6) is 0 Å². The molecule has 0 aromatic heterocycles. The Morgan fingerprint density at radius 3 is 2.83 bits per heavy atom. The molecule has 0 unspecified atom stereocenters. The summed E-state index contributed by atoms with van der Waals surface area (Å²) in [5.74, 6) is 0.763. The normalized spacial score (nSPS) is 24.0. The summed E-state index contributed by atoms with van der Waals surface area (Å²) in [6, 6.07) is 15.8. The van der Waals surface area contributed by atoms with Gasteiger partial charge in [0.25, 0.3) is 0 Å². The number of halogens is 1. The molecule has 0 saturated carbocycles. The molecule has 2 aromatic rings. The van der Waals surface area contributed by atoms with Crippen molar-refractivity contribution in [3.8, 4) is 0 Å². The molecule has 2 atom stereocenters. The SMILES string of the molecule is Nc1cccc2c1C[C@@H]1CC[C@H](C2)CN1Cc1cccc(Br)c1. The zero-order valence-electron chi connectivity index (χ0n) is 13.3. The quantitative estimate of drug-likeness (QED) is 0.793. The summed E-state index contributed by atoms with van der Waals surface area (Å²) in [5, 5.41) is 0. The van der Waals surface area contributed by atoms with E-state index in [1.54, 1.807) is 0 Å². The number of nitrogens with two attached hydrogens (primary N) is 1. The molecule has 2 aliphatic heterocycles. The van der Waals surface area contributed by atoms with Gasteiger partial charge in [0.2, 0.25) is 0 Å². The minimum atomic E-state index is 0.619. The first-order chi connectivity index (χ1) is 11.2. The lowest BCUT2D eigenvalue weighted by molar-refractivity contribution is 0.0939. The van der Waals surface area contributed by atoms with Crippen molar-refractivity contribution in [1.82, 2.24) is 4.90 Å². The number of fused-ring (bicyclic) bond motifs is 2. The third-order valence-electron chi connectivity index (χ3n) is 5.45. The van der Waals surface area contributed by atoms with Crippen LogP contribution in [0.2, 0.25) is 0 Å². The Bertz CT molecular complexity index is 713. The van der Waals surface area contributed by atoms with E-state index in [9.17, 15) is 0 Å². The largest absolute Gasteiger partial charge is 0.398 e. The second-order valence-corrected chi connectivity index (χ2v) is 7.97. The first-order valence-corrected chi connectivity index (χ1v) is 9.33. The van der Waals surface area contributed by atoms with Gasteiger partial charge in [-0.1, -0.05) is 40.2 Å². The predicted octanol–water partition coefficient (Wildman–Crippen LogP) is 4.41. The van der Waals surface area contributed by atoms with Gasteiger partial charge in [-0.15, -0.1) is 0 Å². The number of nitrogen functional groups attached to an aromatic ring is 1. The maximum Gasteiger partial charge on any atom is 0.0349 e. The zero-order chi connectivity index (χ0) is 15.8. The highest BCUT2D eigenvalue weighted by atomic mass is 79.9. The molecule has 3 heteroatoms. The van der Waals surface area contributed by atoms with Gasteiger partial charge >= 0.3 is 0 Å². The molecule has 2 bridgehead atoms. The standard InChI is InChI=1S/C20H23BrN2/c21-17-5-1-3-14(10-17)12-23-13-15-7-8-18(23)11-19-16(9-15)4-2-6-20(19)22/h1-6,10,15,18H,7-9,11-13,22H2/t15-,18+/m1/s1. The number of hydrogen-bond acceptors (Lipinski definition) is 2. The van der Waals surface area contributed by atoms with Crippen molar-refractivity contribution < 1.29 is 0 Å². The van der Waals surface area contributed by atoms with Crippen molar-refractivity contribution in [3.05, 3.63) is 63.6 Å². The molecule has 2 nitrogen and oxygen atoms in total. The Labute approximate surface area is 146 Å². The van der Waals surface area contributed by atoms with Crippen molar-refractivity contribution in [1.29, 1.82) is 0 Å². The van der Waals surface area contributed by atoms with Crippen LogP contribution in [0.25, 0.3) is 0 Å². The number of piperidine rings is 1. The van der Waals surface area contributed by atoms with Gasteiger partial charge in [-0.2, -0.15) is 0 Å². The average molecular weight is 371 g/mol. The van der Waals surface area contributed by atoms with Gasteiger partial charge in [0.15, 0.2) is 0 Å². The highest BCUT2D eigenvalue weighted by molar-refractivity contribution is 9.10. The number of benzene rings is 2. The van der Waals surface area contributed by atoms with Crippen molar-refractivity contribution in [2.75, 3.05) is 12.3 Å². The Balaban J connectivity index is 1.61. The van der Waals surface area contributed by atoms with Gasteiger partial charge in [0.05, 0.1) is 0 Å². The van der Waals surface area contributed by atoms with E-state index in [1.807, 2.05) is 0 Å². The van der Waals surface area contributed by atoms with Crippen LogP contribution in [-0.4, -0.2) is 17.5 Å². The minimum Gasteiger partial charge on any atom is -0.398 e. The van der Waals surface area contributed by atoms with E-state index in [0.29, 0.717) is 6.04 Å². The monoisotopic (exact) mass is 370 g/mol. The van der Waals surface area contributed by atoms with Crippen LogP contribution in [0.15, 0.2) is 46.9 Å². The maximum absolute atomic E-state index is 6.29. The Kier molecular flexibility index (Phi) is 4.16. The Morgan fingerprint density at radius 2 is 1.96 bits per heavy atom. The molecule has 3 aliphatic rings. The van der Waals surface area contributed by atoms with Crippen LogP contribution in [0.3, 0.4) is 0 Å². The lowest BCUT2D eigenvalue weighted by Crippen LogP contribution is -2.46. The van der Waals surface area contributed by atoms with E-state index in [4.69, 9.17) is 5.73 Å². The fraction of sp³-hybridized carbons (Fsp3) is 0.400. The fourth-order valence-corrected chi connectivity index (χ4v) is 4.73. The van der Waals surface area contributed by atoms with Crippen LogP contribution in [0, 0.1) is 5.92 Å². The zero-order valence-corrected chi connectivity index (χ0v) is 14.9. The first kappa shape index (κ1) is 15.2. The highest BCUT2D eigenvalue weighted by Crippen LogP contribution is 2.35. The van der Waals surface area contributed by atoms with E-state index in [1.165, 1.54) is 47.0 Å². The van der Waals surface area contributed by atoms with E-state index in [0.717, 1.165) is 24.6 Å². The Morgan fingerprint density at radius 1 is 1.09 bits per heavy atom. The molecular formula is C20H23BrN2. The molecule has 1 saturated heterocycles. The van der Waals surface area contributed by atoms with Gasteiger partial charge in [0.1, 0.15) is 0 Å². The molecule has 23 heavy (non-hydrogen) atoms. The fourth-order valence-electron chi connectivity index (χ4n) is 4.29. The second-order valence-electron chi connectivity index (χ2n) is 7.05. The van der Waals surface area contributed by atoms with Gasteiger partial charge in [0, 0.05) is 29.3 Å². The molecule has 0 radical (unpaired) electrons. The summed E-state index contributed by atoms with van der Waals surface area (Å²) in [4.78, 5) is 2.69. The molecule has 1 aliphatic carbocycles. The van der Waals surface area contributed by atoms with Crippen LogP contribution in [-0.2, 0) is 19.4 Å². The number of hydrogen-bond donors (Lipinski definition) is 1. The van der Waals surface area contributed by atoms with Gasteiger partial charge in [-0.3, -0.25) is 4.90 Å². The summed E-state index contributed by atoms with van der Waals surface area (Å²) < 4.78 is 1.17. The summed E-state index contributed by atoms with van der Waals surface area (Å²) >= 11 is 3.59. The van der Waals surface area contributed by atoms with Crippen molar-refractivity contribution in [2.45, 2.75) is 38.3 Å². The smallest absolute Gasteiger partial charge is 0.0349 e. The topological polar surface area (TPSA) is 29.3 Å². The van der Waals surface area contributed by atoms with E-state index in [2.05, 4.69) is 63.3 Å². The summed E-state index contributed by atoms with van der Waals surface area (Å²) in [6.45, 7) is 2.26. The first-order valence-electron chi connectivity index (χ1n) is 8.54. The molecular weight excluding hydrogens is 348 g/mol. The molecule has 0 spiro atoms. The van der Waals surface area contributed by atoms with Crippen molar-refractivity contribution in [2.24, 2.45) is 5.92 Å². The molecule has 2 heterocycles. The lowest BCUT2D eigenvalue weighted by atomic mass is 9.79. The maximum atomic E-state index is 6.29. The van der Waals surface area contributed by atoms with Crippen LogP contribution in [0.4, 0.5) is 5.69 Å². The van der Waals surface area contributed by atoms with Gasteiger partial charge in [-0.05, 0) is 66.5 Å².